The lowest BCUT2D eigenvalue weighted by atomic mass is 9.78. The molecule has 0 bridgehead atoms. The van der Waals surface area contributed by atoms with Crippen molar-refractivity contribution in [1.29, 1.82) is 0 Å². The second-order valence-corrected chi connectivity index (χ2v) is 9.80. The second kappa shape index (κ2) is 9.10. The van der Waals surface area contributed by atoms with E-state index in [2.05, 4.69) is 15.4 Å². The van der Waals surface area contributed by atoms with Crippen LogP contribution in [0.4, 0.5) is 0 Å². The van der Waals surface area contributed by atoms with Gasteiger partial charge >= 0.3 is 17.8 Å². The van der Waals surface area contributed by atoms with E-state index in [0.29, 0.717) is 17.9 Å². The second-order valence-electron chi connectivity index (χ2n) is 8.45. The highest BCUT2D eigenvalue weighted by Gasteiger charge is 2.60. The minimum atomic E-state index is -1.19. The maximum atomic E-state index is 12.9. The third-order valence-corrected chi connectivity index (χ3v) is 7.69. The van der Waals surface area contributed by atoms with E-state index in [9.17, 15) is 29.1 Å². The van der Waals surface area contributed by atoms with Crippen LogP contribution in [0.25, 0.3) is 0 Å². The van der Waals surface area contributed by atoms with E-state index < -0.39 is 41.8 Å². The van der Waals surface area contributed by atoms with Crippen molar-refractivity contribution in [2.45, 2.75) is 43.6 Å². The van der Waals surface area contributed by atoms with Crippen molar-refractivity contribution in [2.24, 2.45) is 11.8 Å². The van der Waals surface area contributed by atoms with Gasteiger partial charge in [-0.05, 0) is 13.3 Å². The van der Waals surface area contributed by atoms with Gasteiger partial charge in [-0.15, -0.1) is 11.8 Å². The Morgan fingerprint density at radius 2 is 1.97 bits per heavy atom. The molecule has 0 radical (unpaired) electrons. The quantitative estimate of drug-likeness (QED) is 0.254. The van der Waals surface area contributed by atoms with Crippen LogP contribution in [0.2, 0.25) is 0 Å². The van der Waals surface area contributed by atoms with Crippen LogP contribution in [-0.4, -0.2) is 95.7 Å². The number of methoxy groups -OCH3 is 1. The summed E-state index contributed by atoms with van der Waals surface area (Å²) in [6.07, 6.45) is 0.554. The molecule has 0 saturated carbocycles. The number of thioether (sulfide) groups is 1. The highest BCUT2D eigenvalue weighted by atomic mass is 32.2. The number of β-lactam (4-membered cyclic amide) rings is 1. The normalized spacial score (nSPS) is 29.8. The largest absolute Gasteiger partial charge is 0.477 e. The van der Waals surface area contributed by atoms with Crippen LogP contribution < -0.4 is 10.6 Å². The summed E-state index contributed by atoms with van der Waals surface area (Å²) in [5.41, 5.74) is -0.0392. The average molecular weight is 469 g/mol. The minimum Gasteiger partial charge on any atom is -0.477 e. The molecule has 3 amide bonds. The molecule has 6 atom stereocenters. The molecule has 3 aliphatic heterocycles. The number of carbonyl (C=O) groups is 5. The van der Waals surface area contributed by atoms with E-state index >= 15 is 0 Å². The summed E-state index contributed by atoms with van der Waals surface area (Å²) in [4.78, 5) is 63.8. The van der Waals surface area contributed by atoms with E-state index in [1.165, 1.54) is 21.6 Å². The highest BCUT2D eigenvalue weighted by Crippen LogP contribution is 2.51. The van der Waals surface area contributed by atoms with Crippen LogP contribution in [0.3, 0.4) is 0 Å². The number of carbonyl (C=O) groups excluding carboxylic acids is 4. The number of amides is 3. The van der Waals surface area contributed by atoms with Crippen LogP contribution in [-0.2, 0) is 28.7 Å². The minimum absolute atomic E-state index is 0.0144. The van der Waals surface area contributed by atoms with Crippen molar-refractivity contribution in [2.75, 3.05) is 27.7 Å². The van der Waals surface area contributed by atoms with Gasteiger partial charge < -0.3 is 30.3 Å². The summed E-state index contributed by atoms with van der Waals surface area (Å²) in [6, 6.07) is -1.43. The van der Waals surface area contributed by atoms with E-state index in [1.807, 2.05) is 6.92 Å². The lowest BCUT2D eigenvalue weighted by molar-refractivity contribution is -0.160. The number of hydrogen-bond acceptors (Lipinski definition) is 8. The molecule has 0 aromatic rings. The molecule has 32 heavy (non-hydrogen) atoms. The molecule has 3 heterocycles. The molecule has 0 aromatic heterocycles. The Kier molecular flexibility index (Phi) is 6.84. The van der Waals surface area contributed by atoms with Gasteiger partial charge in [0.05, 0.1) is 25.1 Å². The van der Waals surface area contributed by atoms with Crippen molar-refractivity contribution < 1.29 is 33.8 Å². The molecule has 1 unspecified atom stereocenters. The Hall–Kier alpha value is -2.60. The number of hydrogen-bond donors (Lipinski definition) is 3. The predicted molar refractivity (Wildman–Crippen MR) is 114 cm³/mol. The Balaban J connectivity index is 1.75. The molecule has 0 spiro atoms. The zero-order chi connectivity index (χ0) is 23.9. The average Bonchev–Trinajstić information content (AvgIpc) is 3.28. The van der Waals surface area contributed by atoms with Gasteiger partial charge in [0.15, 0.2) is 0 Å². The van der Waals surface area contributed by atoms with Crippen molar-refractivity contribution in [1.82, 2.24) is 20.4 Å². The van der Waals surface area contributed by atoms with E-state index in [4.69, 9.17) is 0 Å². The number of fused-ring (bicyclic) bond motifs is 1. The molecule has 176 valence electrons. The van der Waals surface area contributed by atoms with Gasteiger partial charge in [0.25, 0.3) is 0 Å². The molecule has 2 saturated heterocycles. The smallest absolute Gasteiger partial charge is 0.396 e. The van der Waals surface area contributed by atoms with Crippen LogP contribution >= 0.6 is 11.8 Å². The van der Waals surface area contributed by atoms with Crippen molar-refractivity contribution in [3.63, 3.8) is 0 Å². The molecule has 0 aliphatic carbocycles. The van der Waals surface area contributed by atoms with Crippen LogP contribution in [0.1, 0.15) is 20.3 Å². The lowest BCUT2D eigenvalue weighted by Gasteiger charge is -2.47. The van der Waals surface area contributed by atoms with Crippen molar-refractivity contribution in [3.8, 4) is 0 Å². The Bertz CT molecular complexity index is 889. The monoisotopic (exact) mass is 468 g/mol. The van der Waals surface area contributed by atoms with E-state index in [-0.39, 0.29) is 28.8 Å². The summed E-state index contributed by atoms with van der Waals surface area (Å²) in [5, 5.41) is 15.5. The molecular formula is C20H28N4O7S. The first-order valence-electron chi connectivity index (χ1n) is 10.3. The maximum Gasteiger partial charge on any atom is 0.396 e. The lowest BCUT2D eigenvalue weighted by Crippen LogP contribution is -2.66. The van der Waals surface area contributed by atoms with Crippen LogP contribution in [0.5, 0.6) is 0 Å². The first kappa shape index (κ1) is 24.1. The zero-order valence-electron chi connectivity index (χ0n) is 18.6. The maximum absolute atomic E-state index is 12.9. The highest BCUT2D eigenvalue weighted by molar-refractivity contribution is 8.03. The van der Waals surface area contributed by atoms with Gasteiger partial charge in [-0.3, -0.25) is 14.4 Å². The standard InChI is InChI=1S/C20H28N4O7S/c1-8-13-12(9(2)22-16(25)20(30)31-5)18(27)24(13)14(19(28)29)15(8)32-10-6-11(21-7-10)17(26)23(3)4/h8-13,21H,6-7H2,1-5H3,(H,22,25)(H,28,29)/t8-,9?,10+,11+,12-,13-/m1/s1. The number of likely N-dealkylation sites (N-methyl/N-ethyl adjacent to an activating group) is 1. The summed E-state index contributed by atoms with van der Waals surface area (Å²) >= 11 is 1.39. The van der Waals surface area contributed by atoms with Crippen molar-refractivity contribution in [3.05, 3.63) is 10.6 Å². The summed E-state index contributed by atoms with van der Waals surface area (Å²) < 4.78 is 4.39. The van der Waals surface area contributed by atoms with Gasteiger partial charge in [0.1, 0.15) is 5.70 Å². The first-order chi connectivity index (χ1) is 15.0. The fourth-order valence-electron chi connectivity index (χ4n) is 4.62. The van der Waals surface area contributed by atoms with Gasteiger partial charge in [-0.25, -0.2) is 9.59 Å². The summed E-state index contributed by atoms with van der Waals surface area (Å²) in [6.45, 7) is 4.01. The zero-order valence-corrected chi connectivity index (χ0v) is 19.4. The number of carboxylic acid groups (broad SMARTS) is 1. The molecule has 2 fully saturated rings. The number of aliphatic carboxylic acids is 1. The number of esters is 1. The van der Waals surface area contributed by atoms with Crippen LogP contribution in [0, 0.1) is 11.8 Å². The molecule has 3 N–H and O–H groups in total. The molecule has 11 nitrogen and oxygen atoms in total. The van der Waals surface area contributed by atoms with E-state index in [1.54, 1.807) is 21.0 Å². The topological polar surface area (TPSA) is 145 Å². The van der Waals surface area contributed by atoms with Gasteiger partial charge in [0, 0.05) is 42.8 Å². The number of ether oxygens (including phenoxy) is 1. The molecular weight excluding hydrogens is 440 g/mol. The summed E-state index contributed by atoms with van der Waals surface area (Å²) in [7, 11) is 4.46. The first-order valence-corrected chi connectivity index (χ1v) is 11.2. The third-order valence-electron chi connectivity index (χ3n) is 6.18. The Morgan fingerprint density at radius 1 is 1.31 bits per heavy atom. The SMILES string of the molecule is COC(=O)C(=O)NC(C)[C@H]1C(=O)N2C(C(=O)O)=C(S[C@@H]3CN[C@H](C(=O)N(C)C)C3)[C@H](C)[C@H]12. The number of carboxylic acids is 1. The number of nitrogens with one attached hydrogen (secondary N) is 2. The summed E-state index contributed by atoms with van der Waals surface area (Å²) in [5.74, 6) is -4.56. The fraction of sp³-hybridized carbons (Fsp3) is 0.650. The van der Waals surface area contributed by atoms with Gasteiger partial charge in [-0.2, -0.15) is 0 Å². The molecule has 3 aliphatic rings. The Labute approximate surface area is 189 Å². The Morgan fingerprint density at radius 3 is 2.53 bits per heavy atom. The van der Waals surface area contributed by atoms with Gasteiger partial charge in [0.2, 0.25) is 11.8 Å². The predicted octanol–water partition coefficient (Wildman–Crippen LogP) is -1.01. The molecule has 0 aromatic carbocycles. The van der Waals surface area contributed by atoms with E-state index in [0.717, 1.165) is 7.11 Å². The molecule has 3 rings (SSSR count). The van der Waals surface area contributed by atoms with Crippen LogP contribution in [0.15, 0.2) is 10.6 Å². The molecule has 12 heteroatoms. The van der Waals surface area contributed by atoms with Crippen molar-refractivity contribution >= 4 is 41.4 Å². The number of rotatable bonds is 6. The van der Waals surface area contributed by atoms with Gasteiger partial charge in [-0.1, -0.05) is 6.92 Å². The third kappa shape index (κ3) is 4.08. The fourth-order valence-corrected chi connectivity index (χ4v) is 6.10. The number of nitrogens with zero attached hydrogens (tertiary/aromatic N) is 2.